The maximum atomic E-state index is 5.98. The number of rotatable bonds is 3. The zero-order chi connectivity index (χ0) is 13.1. The fraction of sp³-hybridized carbons (Fsp3) is 0.733. The highest BCUT2D eigenvalue weighted by Gasteiger charge is 2.32. The second-order valence-electron chi connectivity index (χ2n) is 5.77. The Morgan fingerprint density at radius 1 is 1.10 bits per heavy atom. The molecule has 0 spiro atoms. The van der Waals surface area contributed by atoms with Gasteiger partial charge in [-0.2, -0.15) is 0 Å². The average molecular weight is 356 g/mol. The summed E-state index contributed by atoms with van der Waals surface area (Å²) in [4.78, 5) is 2.58. The van der Waals surface area contributed by atoms with Crippen molar-refractivity contribution in [3.05, 3.63) is 23.1 Å². The van der Waals surface area contributed by atoms with E-state index in [1.165, 1.54) is 32.1 Å². The molecule has 1 atom stereocenters. The minimum absolute atomic E-state index is 0. The van der Waals surface area contributed by atoms with Crippen LogP contribution in [0.1, 0.15) is 43.9 Å². The smallest absolute Gasteiger partial charge is 0.193 e. The van der Waals surface area contributed by atoms with E-state index in [2.05, 4.69) is 16.3 Å². The number of nitrogens with one attached hydrogen (secondary N) is 1. The third-order valence-corrected chi connectivity index (χ3v) is 4.73. The van der Waals surface area contributed by atoms with Crippen molar-refractivity contribution in [2.24, 2.45) is 5.92 Å². The Hall–Kier alpha value is 0.0700. The van der Waals surface area contributed by atoms with Crippen LogP contribution in [-0.2, 0) is 0 Å². The molecule has 1 saturated heterocycles. The van der Waals surface area contributed by atoms with Gasteiger partial charge in [0.05, 0.1) is 6.04 Å². The van der Waals surface area contributed by atoms with Gasteiger partial charge >= 0.3 is 0 Å². The molecule has 1 aromatic heterocycles. The van der Waals surface area contributed by atoms with Gasteiger partial charge in [0.25, 0.3) is 0 Å². The molecule has 6 heteroatoms. The van der Waals surface area contributed by atoms with Crippen LogP contribution in [-0.4, -0.2) is 31.1 Å². The Morgan fingerprint density at radius 3 is 2.33 bits per heavy atom. The van der Waals surface area contributed by atoms with Gasteiger partial charge < -0.3 is 9.73 Å². The normalized spacial score (nSPS) is 22.1. The molecule has 0 unspecified atom stereocenters. The topological polar surface area (TPSA) is 28.4 Å². The van der Waals surface area contributed by atoms with E-state index in [-0.39, 0.29) is 24.8 Å². The van der Waals surface area contributed by atoms with Crippen LogP contribution in [0, 0.1) is 5.92 Å². The molecule has 0 radical (unpaired) electrons. The van der Waals surface area contributed by atoms with Crippen molar-refractivity contribution in [2.75, 3.05) is 26.2 Å². The lowest BCUT2D eigenvalue weighted by atomic mass is 9.82. The molecule has 3 nitrogen and oxygen atoms in total. The highest BCUT2D eigenvalue weighted by molar-refractivity contribution is 6.28. The first-order chi connectivity index (χ1) is 9.34. The quantitative estimate of drug-likeness (QED) is 0.876. The van der Waals surface area contributed by atoms with Crippen LogP contribution in [0.4, 0.5) is 0 Å². The first kappa shape index (κ1) is 19.1. The second-order valence-corrected chi connectivity index (χ2v) is 6.14. The summed E-state index contributed by atoms with van der Waals surface area (Å²) in [6.45, 7) is 4.38. The molecule has 0 bridgehead atoms. The van der Waals surface area contributed by atoms with E-state index in [4.69, 9.17) is 16.0 Å². The van der Waals surface area contributed by atoms with Crippen LogP contribution in [0.25, 0.3) is 0 Å². The van der Waals surface area contributed by atoms with Crippen molar-refractivity contribution in [3.8, 4) is 0 Å². The SMILES string of the molecule is Cl.Cl.Clc1ccc([C@@H](C2CCCCC2)N2CCNCC2)o1. The van der Waals surface area contributed by atoms with E-state index in [1.807, 2.05) is 6.07 Å². The molecule has 1 saturated carbocycles. The fourth-order valence-corrected chi connectivity index (χ4v) is 3.76. The summed E-state index contributed by atoms with van der Waals surface area (Å²) < 4.78 is 5.76. The van der Waals surface area contributed by atoms with Crippen molar-refractivity contribution in [2.45, 2.75) is 38.1 Å². The van der Waals surface area contributed by atoms with E-state index in [9.17, 15) is 0 Å². The van der Waals surface area contributed by atoms with Crippen LogP contribution >= 0.6 is 36.4 Å². The largest absolute Gasteiger partial charge is 0.448 e. The van der Waals surface area contributed by atoms with Gasteiger partial charge in [0.1, 0.15) is 5.76 Å². The molecule has 0 amide bonds. The lowest BCUT2D eigenvalue weighted by Gasteiger charge is -2.39. The van der Waals surface area contributed by atoms with E-state index in [0.717, 1.165) is 37.9 Å². The number of hydrogen-bond acceptors (Lipinski definition) is 3. The summed E-state index contributed by atoms with van der Waals surface area (Å²) in [7, 11) is 0. The van der Waals surface area contributed by atoms with E-state index in [0.29, 0.717) is 11.3 Å². The van der Waals surface area contributed by atoms with E-state index >= 15 is 0 Å². The molecule has 1 N–H and O–H groups in total. The highest BCUT2D eigenvalue weighted by atomic mass is 35.5. The Labute approximate surface area is 144 Å². The standard InChI is InChI=1S/C15H23ClN2O.2ClH/c16-14-7-6-13(19-14)15(12-4-2-1-3-5-12)18-10-8-17-9-11-18;;/h6-7,12,15,17H,1-5,8-11H2;2*1H/t15-;;/m1../s1. The molecule has 1 aliphatic heterocycles. The summed E-state index contributed by atoms with van der Waals surface area (Å²) in [5.74, 6) is 1.80. The summed E-state index contributed by atoms with van der Waals surface area (Å²) in [6, 6.07) is 4.38. The minimum Gasteiger partial charge on any atom is -0.448 e. The van der Waals surface area contributed by atoms with Crippen LogP contribution in [0.5, 0.6) is 0 Å². The molecular weight excluding hydrogens is 331 g/mol. The number of hydrogen-bond donors (Lipinski definition) is 1. The second kappa shape index (κ2) is 9.26. The molecule has 2 aliphatic rings. The monoisotopic (exact) mass is 354 g/mol. The summed E-state index contributed by atoms with van der Waals surface area (Å²) in [6.07, 6.45) is 6.77. The third kappa shape index (κ3) is 4.77. The van der Waals surface area contributed by atoms with Crippen molar-refractivity contribution < 1.29 is 4.42 Å². The van der Waals surface area contributed by atoms with Gasteiger partial charge in [-0.3, -0.25) is 4.90 Å². The van der Waals surface area contributed by atoms with E-state index in [1.54, 1.807) is 0 Å². The van der Waals surface area contributed by atoms with E-state index < -0.39 is 0 Å². The predicted octanol–water partition coefficient (Wildman–Crippen LogP) is 4.30. The third-order valence-electron chi connectivity index (χ3n) is 4.53. The zero-order valence-electron chi connectivity index (χ0n) is 12.2. The minimum atomic E-state index is 0. The van der Waals surface area contributed by atoms with Crippen molar-refractivity contribution in [1.29, 1.82) is 0 Å². The van der Waals surface area contributed by atoms with Gasteiger partial charge in [-0.15, -0.1) is 24.8 Å². The van der Waals surface area contributed by atoms with Gasteiger partial charge in [-0.25, -0.2) is 0 Å². The molecule has 122 valence electrons. The predicted molar refractivity (Wildman–Crippen MR) is 92.0 cm³/mol. The van der Waals surface area contributed by atoms with Crippen LogP contribution in [0.15, 0.2) is 16.5 Å². The maximum Gasteiger partial charge on any atom is 0.193 e. The number of nitrogens with zero attached hydrogens (tertiary/aromatic N) is 1. The molecule has 21 heavy (non-hydrogen) atoms. The summed E-state index contributed by atoms with van der Waals surface area (Å²) in [5, 5.41) is 3.95. The van der Waals surface area contributed by atoms with Crippen LogP contribution in [0.3, 0.4) is 0 Å². The molecule has 2 fully saturated rings. The number of piperazine rings is 1. The van der Waals surface area contributed by atoms with Gasteiger partial charge in [0, 0.05) is 26.2 Å². The van der Waals surface area contributed by atoms with Crippen LogP contribution < -0.4 is 5.32 Å². The molecule has 2 heterocycles. The Balaban J connectivity index is 0.00000110. The first-order valence-electron chi connectivity index (χ1n) is 7.54. The maximum absolute atomic E-state index is 5.98. The Kier molecular flexibility index (Phi) is 8.43. The number of furan rings is 1. The first-order valence-corrected chi connectivity index (χ1v) is 7.92. The molecule has 1 aliphatic carbocycles. The molecule has 3 rings (SSSR count). The number of halogens is 3. The molecular formula is C15H25Cl3N2O. The van der Waals surface area contributed by atoms with Gasteiger partial charge in [0.2, 0.25) is 0 Å². The zero-order valence-corrected chi connectivity index (χ0v) is 14.6. The van der Waals surface area contributed by atoms with Gasteiger partial charge in [-0.1, -0.05) is 19.3 Å². The summed E-state index contributed by atoms with van der Waals surface area (Å²) in [5.41, 5.74) is 0. The Bertz CT molecular complexity index is 383. The lowest BCUT2D eigenvalue weighted by Crippen LogP contribution is -2.47. The van der Waals surface area contributed by atoms with Gasteiger partial charge in [-0.05, 0) is 42.5 Å². The fourth-order valence-electron chi connectivity index (χ4n) is 3.61. The molecule has 0 aromatic carbocycles. The average Bonchev–Trinajstić information content (AvgIpc) is 2.88. The molecule has 1 aromatic rings. The summed E-state index contributed by atoms with van der Waals surface area (Å²) >= 11 is 5.98. The van der Waals surface area contributed by atoms with Crippen molar-refractivity contribution in [3.63, 3.8) is 0 Å². The van der Waals surface area contributed by atoms with Crippen LogP contribution in [0.2, 0.25) is 5.22 Å². The van der Waals surface area contributed by atoms with Crippen molar-refractivity contribution >= 4 is 36.4 Å². The highest BCUT2D eigenvalue weighted by Crippen LogP contribution is 2.39. The Morgan fingerprint density at radius 2 is 1.76 bits per heavy atom. The van der Waals surface area contributed by atoms with Gasteiger partial charge in [0.15, 0.2) is 5.22 Å². The lowest BCUT2D eigenvalue weighted by molar-refractivity contribution is 0.0871. The van der Waals surface area contributed by atoms with Crippen molar-refractivity contribution in [1.82, 2.24) is 10.2 Å².